The van der Waals surface area contributed by atoms with Gasteiger partial charge in [0.1, 0.15) is 0 Å². The van der Waals surface area contributed by atoms with Gasteiger partial charge in [0.2, 0.25) is 0 Å². The van der Waals surface area contributed by atoms with Crippen LogP contribution in [0, 0.1) is 0 Å². The Morgan fingerprint density at radius 2 is 2.13 bits per heavy atom. The molecule has 0 bridgehead atoms. The highest BCUT2D eigenvalue weighted by Crippen LogP contribution is 2.32. The van der Waals surface area contributed by atoms with Gasteiger partial charge >= 0.3 is 0 Å². The molecular formula is C10H13BrN2O2. The molecule has 5 heteroatoms. The maximum absolute atomic E-state index is 9.54. The molecule has 0 heterocycles. The van der Waals surface area contributed by atoms with E-state index in [1.807, 2.05) is 0 Å². The maximum Gasteiger partial charge on any atom is 0.160 e. The Labute approximate surface area is 96.6 Å². The monoisotopic (exact) mass is 269 g/mol. The van der Waals surface area contributed by atoms with E-state index < -0.39 is 0 Å². The number of benzene rings is 1. The third kappa shape index (κ3) is 3.43. The lowest BCUT2D eigenvalue weighted by atomic mass is 10.1. The number of phenolic OH excluding ortho intramolecular Hbond substituents is 2. The number of halogens is 1. The molecule has 0 amide bonds. The minimum atomic E-state index is -0.132. The fourth-order valence-electron chi connectivity index (χ4n) is 1.18. The minimum Gasteiger partial charge on any atom is -0.504 e. The molecule has 82 valence electrons. The summed E-state index contributed by atoms with van der Waals surface area (Å²) in [6.07, 6.45) is 0.535. The number of nitrogens with zero attached hydrogens (tertiary/aromatic N) is 1. The summed E-state index contributed by atoms with van der Waals surface area (Å²) in [7, 11) is 0. The summed E-state index contributed by atoms with van der Waals surface area (Å²) in [5.41, 5.74) is 6.03. The summed E-state index contributed by atoms with van der Waals surface area (Å²) in [4.78, 5) is 4.01. The van der Waals surface area contributed by atoms with Crippen LogP contribution in [0.3, 0.4) is 0 Å². The first-order valence-electron chi connectivity index (χ1n) is 4.47. The van der Waals surface area contributed by atoms with Crippen LogP contribution >= 0.6 is 15.9 Å². The SMILES string of the molecule is CC(N)=NCCc1cc([76Br])cc(O)c1O. The van der Waals surface area contributed by atoms with Crippen LogP contribution in [-0.2, 0) is 6.42 Å². The Bertz CT molecular complexity index is 387. The van der Waals surface area contributed by atoms with Crippen LogP contribution in [0.5, 0.6) is 11.5 Å². The quantitative estimate of drug-likeness (QED) is 0.444. The molecule has 0 aliphatic heterocycles. The normalized spacial score (nSPS) is 11.7. The topological polar surface area (TPSA) is 78.8 Å². The van der Waals surface area contributed by atoms with Crippen molar-refractivity contribution < 1.29 is 10.2 Å². The minimum absolute atomic E-state index is 0.0944. The van der Waals surface area contributed by atoms with Gasteiger partial charge in [-0.1, -0.05) is 15.9 Å². The zero-order chi connectivity index (χ0) is 11.4. The van der Waals surface area contributed by atoms with Crippen molar-refractivity contribution in [2.45, 2.75) is 13.3 Å². The molecule has 4 N–H and O–H groups in total. The number of aromatic hydroxyl groups is 2. The lowest BCUT2D eigenvalue weighted by molar-refractivity contribution is 0.399. The van der Waals surface area contributed by atoms with Crippen molar-refractivity contribution in [3.63, 3.8) is 0 Å². The first kappa shape index (κ1) is 11.8. The van der Waals surface area contributed by atoms with Gasteiger partial charge in [-0.25, -0.2) is 0 Å². The Morgan fingerprint density at radius 1 is 1.47 bits per heavy atom. The van der Waals surface area contributed by atoms with E-state index in [1.54, 1.807) is 13.0 Å². The molecule has 1 aromatic rings. The smallest absolute Gasteiger partial charge is 0.160 e. The zero-order valence-corrected chi connectivity index (χ0v) is 9.95. The summed E-state index contributed by atoms with van der Waals surface area (Å²) in [5.74, 6) is 0.282. The average molecular weight is 269 g/mol. The zero-order valence-electron chi connectivity index (χ0n) is 8.37. The summed E-state index contributed by atoms with van der Waals surface area (Å²) in [5, 5.41) is 18.9. The van der Waals surface area contributed by atoms with Gasteiger partial charge in [-0.05, 0) is 25.5 Å². The molecule has 0 saturated carbocycles. The second kappa shape index (κ2) is 5.02. The predicted octanol–water partition coefficient (Wildman–Crippen LogP) is 1.78. The van der Waals surface area contributed by atoms with Crippen molar-refractivity contribution >= 4 is 21.8 Å². The third-order valence-corrected chi connectivity index (χ3v) is 2.33. The number of rotatable bonds is 3. The molecule has 0 aliphatic rings. The molecule has 0 fully saturated rings. The van der Waals surface area contributed by atoms with Gasteiger partial charge in [-0.3, -0.25) is 4.99 Å². The summed E-state index contributed by atoms with van der Waals surface area (Å²) in [6.45, 7) is 2.20. The molecule has 4 nitrogen and oxygen atoms in total. The van der Waals surface area contributed by atoms with Gasteiger partial charge in [0.25, 0.3) is 0 Å². The first-order chi connectivity index (χ1) is 7.00. The Morgan fingerprint density at radius 3 is 2.73 bits per heavy atom. The largest absolute Gasteiger partial charge is 0.504 e. The molecule has 0 saturated heterocycles. The number of amidine groups is 1. The van der Waals surface area contributed by atoms with Gasteiger partial charge in [-0.15, -0.1) is 0 Å². The van der Waals surface area contributed by atoms with Crippen molar-refractivity contribution in [2.75, 3.05) is 6.54 Å². The molecule has 0 aliphatic carbocycles. The Balaban J connectivity index is 2.81. The number of nitrogens with two attached hydrogens (primary N) is 1. The molecule has 0 spiro atoms. The van der Waals surface area contributed by atoms with E-state index in [-0.39, 0.29) is 11.5 Å². The fourth-order valence-corrected chi connectivity index (χ4v) is 1.68. The van der Waals surface area contributed by atoms with E-state index >= 15 is 0 Å². The van der Waals surface area contributed by atoms with E-state index in [2.05, 4.69) is 20.9 Å². The number of phenols is 2. The van der Waals surface area contributed by atoms with Gasteiger partial charge in [0.15, 0.2) is 11.5 Å². The van der Waals surface area contributed by atoms with E-state index in [4.69, 9.17) is 5.73 Å². The van der Waals surface area contributed by atoms with E-state index in [9.17, 15) is 10.2 Å². The second-order valence-electron chi connectivity index (χ2n) is 3.21. The predicted molar refractivity (Wildman–Crippen MR) is 63.3 cm³/mol. The molecule has 1 aromatic carbocycles. The van der Waals surface area contributed by atoms with Crippen molar-refractivity contribution in [3.8, 4) is 11.5 Å². The van der Waals surface area contributed by atoms with Crippen molar-refractivity contribution in [2.24, 2.45) is 10.7 Å². The highest BCUT2D eigenvalue weighted by atomic mass is 75.9. The maximum atomic E-state index is 9.54. The Kier molecular flexibility index (Phi) is 3.96. The van der Waals surface area contributed by atoms with E-state index in [0.29, 0.717) is 24.4 Å². The van der Waals surface area contributed by atoms with Crippen LogP contribution < -0.4 is 5.73 Å². The number of hydrogen-bond acceptors (Lipinski definition) is 3. The number of hydrogen-bond donors (Lipinski definition) is 3. The standard InChI is InChI=1S/C10H13BrN2O2/c1-6(12)13-3-2-7-4-8(11)5-9(14)10(7)15/h4-5,14-15H,2-3H2,1H3,(H2,12,13)/i11-4. The lowest BCUT2D eigenvalue weighted by Crippen LogP contribution is -2.06. The van der Waals surface area contributed by atoms with Crippen LogP contribution in [-0.4, -0.2) is 22.6 Å². The molecule has 0 radical (unpaired) electrons. The summed E-state index contributed by atoms with van der Waals surface area (Å²) >= 11 is 3.24. The number of aliphatic imine (C=N–C) groups is 1. The fraction of sp³-hybridized carbons (Fsp3) is 0.300. The van der Waals surface area contributed by atoms with Crippen LogP contribution in [0.25, 0.3) is 0 Å². The first-order valence-corrected chi connectivity index (χ1v) is 5.27. The molecular weight excluding hydrogens is 256 g/mol. The highest BCUT2D eigenvalue weighted by Gasteiger charge is 2.07. The summed E-state index contributed by atoms with van der Waals surface area (Å²) < 4.78 is 0.723. The van der Waals surface area contributed by atoms with Crippen molar-refractivity contribution in [3.05, 3.63) is 22.2 Å². The molecule has 0 atom stereocenters. The van der Waals surface area contributed by atoms with E-state index in [0.717, 1.165) is 4.47 Å². The molecule has 0 unspecified atom stereocenters. The van der Waals surface area contributed by atoms with E-state index in [1.165, 1.54) is 6.07 Å². The lowest BCUT2D eigenvalue weighted by Gasteiger charge is -2.05. The van der Waals surface area contributed by atoms with Crippen LogP contribution in [0.1, 0.15) is 12.5 Å². The molecule has 0 aromatic heterocycles. The molecule has 15 heavy (non-hydrogen) atoms. The van der Waals surface area contributed by atoms with Gasteiger partial charge in [0.05, 0.1) is 5.84 Å². The van der Waals surface area contributed by atoms with Gasteiger partial charge in [0, 0.05) is 16.6 Å². The van der Waals surface area contributed by atoms with Crippen LogP contribution in [0.2, 0.25) is 0 Å². The van der Waals surface area contributed by atoms with Gasteiger partial charge < -0.3 is 15.9 Å². The van der Waals surface area contributed by atoms with Gasteiger partial charge in [-0.2, -0.15) is 0 Å². The highest BCUT2D eigenvalue weighted by molar-refractivity contribution is 9.10. The Hall–Kier alpha value is -1.23. The third-order valence-electron chi connectivity index (χ3n) is 1.88. The van der Waals surface area contributed by atoms with Crippen LogP contribution in [0.15, 0.2) is 21.6 Å². The second-order valence-corrected chi connectivity index (χ2v) is 4.12. The summed E-state index contributed by atoms with van der Waals surface area (Å²) in [6, 6.07) is 3.19. The molecule has 1 rings (SSSR count). The average Bonchev–Trinajstić information content (AvgIpc) is 2.12. The van der Waals surface area contributed by atoms with Crippen molar-refractivity contribution in [1.29, 1.82) is 0 Å². The van der Waals surface area contributed by atoms with Crippen molar-refractivity contribution in [1.82, 2.24) is 0 Å². The van der Waals surface area contributed by atoms with Crippen LogP contribution in [0.4, 0.5) is 0 Å².